The Bertz CT molecular complexity index is 615. The van der Waals surface area contributed by atoms with E-state index in [2.05, 4.69) is 6.07 Å². The van der Waals surface area contributed by atoms with E-state index in [-0.39, 0.29) is 11.7 Å². The normalized spacial score (nSPS) is 10.5. The quantitative estimate of drug-likeness (QED) is 0.733. The van der Waals surface area contributed by atoms with Gasteiger partial charge in [0.15, 0.2) is 0 Å². The van der Waals surface area contributed by atoms with Crippen LogP contribution in [0.3, 0.4) is 0 Å². The molecule has 0 unspecified atom stereocenters. The minimum absolute atomic E-state index is 0.273. The van der Waals surface area contributed by atoms with E-state index in [1.807, 2.05) is 44.2 Å². The van der Waals surface area contributed by atoms with Gasteiger partial charge < -0.3 is 0 Å². The number of aryl methyl sites for hydroxylation is 2. The Morgan fingerprint density at radius 1 is 1.05 bits per heavy atom. The van der Waals surface area contributed by atoms with Gasteiger partial charge in [-0.25, -0.2) is 0 Å². The Morgan fingerprint density at radius 2 is 1.68 bits per heavy atom. The Morgan fingerprint density at radius 3 is 2.26 bits per heavy atom. The average molecular weight is 293 g/mol. The van der Waals surface area contributed by atoms with E-state index < -0.39 is 0 Å². The van der Waals surface area contributed by atoms with Crippen LogP contribution in [0.25, 0.3) is 11.1 Å². The van der Waals surface area contributed by atoms with Crippen molar-refractivity contribution in [2.45, 2.75) is 20.3 Å². The van der Waals surface area contributed by atoms with Gasteiger partial charge in [0.25, 0.3) is 0 Å². The average Bonchev–Trinajstić information content (AvgIpc) is 2.34. The number of halogens is 2. The minimum atomic E-state index is -0.332. The first kappa shape index (κ1) is 14.1. The van der Waals surface area contributed by atoms with E-state index in [1.54, 1.807) is 0 Å². The number of rotatable bonds is 3. The zero-order valence-corrected chi connectivity index (χ0v) is 12.3. The van der Waals surface area contributed by atoms with Crippen LogP contribution in [0.4, 0.5) is 0 Å². The fourth-order valence-corrected chi connectivity index (χ4v) is 2.43. The lowest BCUT2D eigenvalue weighted by atomic mass is 9.94. The number of carbonyl (C=O) groups excluding carboxylic acids is 1. The van der Waals surface area contributed by atoms with E-state index in [1.165, 1.54) is 0 Å². The van der Waals surface area contributed by atoms with E-state index >= 15 is 0 Å². The molecule has 0 bridgehead atoms. The van der Waals surface area contributed by atoms with Crippen LogP contribution >= 0.6 is 23.2 Å². The highest BCUT2D eigenvalue weighted by Crippen LogP contribution is 2.28. The topological polar surface area (TPSA) is 17.1 Å². The molecule has 98 valence electrons. The fraction of sp³-hybridized carbons (Fsp3) is 0.188. The van der Waals surface area contributed by atoms with Gasteiger partial charge in [-0.2, -0.15) is 0 Å². The monoisotopic (exact) mass is 292 g/mol. The molecule has 0 saturated carbocycles. The van der Waals surface area contributed by atoms with Crippen molar-refractivity contribution in [3.05, 3.63) is 58.1 Å². The minimum Gasteiger partial charge on any atom is -0.281 e. The van der Waals surface area contributed by atoms with Gasteiger partial charge in [-0.1, -0.05) is 35.9 Å². The molecule has 0 aliphatic heterocycles. The Balaban J connectivity index is 2.45. The number of benzene rings is 2. The van der Waals surface area contributed by atoms with E-state index in [4.69, 9.17) is 23.2 Å². The molecular weight excluding hydrogens is 279 g/mol. The molecule has 0 radical (unpaired) electrons. The highest BCUT2D eigenvalue weighted by Gasteiger charge is 2.09. The highest BCUT2D eigenvalue weighted by atomic mass is 35.5. The SMILES string of the molecule is Cc1cc(-c2ccc(Cl)cc2)c(C)cc1CC(=O)Cl. The molecule has 0 heterocycles. The van der Waals surface area contributed by atoms with Crippen LogP contribution in [0.15, 0.2) is 36.4 Å². The van der Waals surface area contributed by atoms with E-state index in [0.717, 1.165) is 32.8 Å². The number of carbonyl (C=O) groups is 1. The van der Waals surface area contributed by atoms with Gasteiger partial charge in [0.1, 0.15) is 0 Å². The standard InChI is InChI=1S/C16H14Cl2O/c1-10-8-15(12-3-5-14(17)6-4-12)11(2)7-13(10)9-16(18)19/h3-8H,9H2,1-2H3. The lowest BCUT2D eigenvalue weighted by Crippen LogP contribution is -1.98. The van der Waals surface area contributed by atoms with Crippen molar-refractivity contribution < 1.29 is 4.79 Å². The molecule has 2 aromatic carbocycles. The second kappa shape index (κ2) is 5.77. The van der Waals surface area contributed by atoms with Crippen molar-refractivity contribution in [2.24, 2.45) is 0 Å². The summed E-state index contributed by atoms with van der Waals surface area (Å²) in [4.78, 5) is 11.0. The molecule has 0 fully saturated rings. The lowest BCUT2D eigenvalue weighted by Gasteiger charge is -2.11. The Labute approximate surface area is 123 Å². The molecular formula is C16H14Cl2O. The molecule has 0 aliphatic rings. The molecule has 0 amide bonds. The number of hydrogen-bond donors (Lipinski definition) is 0. The van der Waals surface area contributed by atoms with Gasteiger partial charge >= 0.3 is 0 Å². The summed E-state index contributed by atoms with van der Waals surface area (Å²) in [5.74, 6) is 0. The van der Waals surface area contributed by atoms with Crippen molar-refractivity contribution in [3.63, 3.8) is 0 Å². The Hall–Kier alpha value is -1.31. The van der Waals surface area contributed by atoms with Gasteiger partial charge in [0, 0.05) is 11.4 Å². The molecule has 0 aliphatic carbocycles. The molecule has 0 spiro atoms. The first-order valence-electron chi connectivity index (χ1n) is 6.02. The molecule has 0 atom stereocenters. The third kappa shape index (κ3) is 3.37. The molecule has 3 heteroatoms. The van der Waals surface area contributed by atoms with Crippen molar-refractivity contribution in [2.75, 3.05) is 0 Å². The first-order valence-corrected chi connectivity index (χ1v) is 6.77. The molecule has 1 nitrogen and oxygen atoms in total. The Kier molecular flexibility index (Phi) is 4.28. The first-order chi connectivity index (χ1) is 8.97. The molecule has 0 saturated heterocycles. The zero-order valence-electron chi connectivity index (χ0n) is 10.8. The summed E-state index contributed by atoms with van der Waals surface area (Å²) < 4.78 is 0. The van der Waals surface area contributed by atoms with Gasteiger partial charge in [0.2, 0.25) is 5.24 Å². The maximum Gasteiger partial charge on any atom is 0.226 e. The van der Waals surface area contributed by atoms with Crippen LogP contribution in [0, 0.1) is 13.8 Å². The van der Waals surface area contributed by atoms with Crippen molar-refractivity contribution in [1.82, 2.24) is 0 Å². The van der Waals surface area contributed by atoms with E-state index in [0.29, 0.717) is 0 Å². The maximum absolute atomic E-state index is 11.0. The zero-order chi connectivity index (χ0) is 14.0. The number of hydrogen-bond acceptors (Lipinski definition) is 1. The van der Waals surface area contributed by atoms with Crippen LogP contribution in [-0.2, 0) is 11.2 Å². The molecule has 2 aromatic rings. The summed E-state index contributed by atoms with van der Waals surface area (Å²) in [7, 11) is 0. The molecule has 19 heavy (non-hydrogen) atoms. The summed E-state index contributed by atoms with van der Waals surface area (Å²) in [6, 6.07) is 11.9. The van der Waals surface area contributed by atoms with Gasteiger partial charge in [-0.3, -0.25) is 4.79 Å². The molecule has 0 N–H and O–H groups in total. The summed E-state index contributed by atoms with van der Waals surface area (Å²) in [6.45, 7) is 4.03. The summed E-state index contributed by atoms with van der Waals surface area (Å²) in [5, 5.41) is 0.393. The lowest BCUT2D eigenvalue weighted by molar-refractivity contribution is -0.111. The van der Waals surface area contributed by atoms with Gasteiger partial charge in [-0.15, -0.1) is 0 Å². The second-order valence-corrected chi connectivity index (χ2v) is 5.49. The third-order valence-electron chi connectivity index (χ3n) is 3.17. The molecule has 2 rings (SSSR count). The molecule has 0 aromatic heterocycles. The summed E-state index contributed by atoms with van der Waals surface area (Å²) in [6.07, 6.45) is 0.273. The van der Waals surface area contributed by atoms with E-state index in [9.17, 15) is 4.79 Å². The van der Waals surface area contributed by atoms with Crippen LogP contribution in [-0.4, -0.2) is 5.24 Å². The smallest absolute Gasteiger partial charge is 0.226 e. The van der Waals surface area contributed by atoms with Crippen LogP contribution < -0.4 is 0 Å². The van der Waals surface area contributed by atoms with Crippen molar-refractivity contribution in [1.29, 1.82) is 0 Å². The van der Waals surface area contributed by atoms with Gasteiger partial charge in [-0.05, 0) is 65.4 Å². The fourth-order valence-electron chi connectivity index (χ4n) is 2.16. The maximum atomic E-state index is 11.0. The summed E-state index contributed by atoms with van der Waals surface area (Å²) >= 11 is 11.4. The van der Waals surface area contributed by atoms with Crippen LogP contribution in [0.2, 0.25) is 5.02 Å². The summed E-state index contributed by atoms with van der Waals surface area (Å²) in [5.41, 5.74) is 5.45. The van der Waals surface area contributed by atoms with Crippen molar-refractivity contribution >= 4 is 28.4 Å². The van der Waals surface area contributed by atoms with Crippen molar-refractivity contribution in [3.8, 4) is 11.1 Å². The predicted octanol–water partition coefficient (Wildman–Crippen LogP) is 4.93. The van der Waals surface area contributed by atoms with Crippen LogP contribution in [0.5, 0.6) is 0 Å². The van der Waals surface area contributed by atoms with Crippen LogP contribution in [0.1, 0.15) is 16.7 Å². The second-order valence-electron chi connectivity index (χ2n) is 4.63. The van der Waals surface area contributed by atoms with Gasteiger partial charge in [0.05, 0.1) is 0 Å². The third-order valence-corrected chi connectivity index (χ3v) is 3.55. The largest absolute Gasteiger partial charge is 0.281 e. The highest BCUT2D eigenvalue weighted by molar-refractivity contribution is 6.63. The predicted molar refractivity (Wildman–Crippen MR) is 80.9 cm³/mol.